The molecule has 0 fully saturated rings. The molecule has 2 heterocycles. The third-order valence-corrected chi connectivity index (χ3v) is 5.74. The van der Waals surface area contributed by atoms with E-state index in [0.717, 1.165) is 22.4 Å². The first kappa shape index (κ1) is 21.5. The lowest BCUT2D eigenvalue weighted by atomic mass is 10.2. The van der Waals surface area contributed by atoms with Gasteiger partial charge in [-0.3, -0.25) is 10.1 Å². The number of pyridine rings is 1. The smallest absolute Gasteiger partial charge is 0.209 e. The van der Waals surface area contributed by atoms with E-state index in [-0.39, 0.29) is 0 Å². The van der Waals surface area contributed by atoms with Crippen molar-refractivity contribution in [3.05, 3.63) is 82.1 Å². The molecular formula is C22H18Cl2N4O2S. The molecule has 4 rings (SSSR count). The third kappa shape index (κ3) is 5.50. The van der Waals surface area contributed by atoms with Crippen LogP contribution in [0.15, 0.2) is 66.1 Å². The molecule has 4 aromatic rings. The van der Waals surface area contributed by atoms with E-state index in [2.05, 4.69) is 20.2 Å². The number of nitrogens with zero attached hydrogens (tertiary/aromatic N) is 3. The molecule has 158 valence electrons. The van der Waals surface area contributed by atoms with Gasteiger partial charge in [0.15, 0.2) is 5.82 Å². The molecule has 0 saturated heterocycles. The van der Waals surface area contributed by atoms with Crippen molar-refractivity contribution in [2.24, 2.45) is 0 Å². The predicted octanol–water partition coefficient (Wildman–Crippen LogP) is 6.05. The van der Waals surface area contributed by atoms with Crippen LogP contribution < -0.4 is 9.47 Å². The molecule has 0 aliphatic heterocycles. The summed E-state index contributed by atoms with van der Waals surface area (Å²) in [7, 11) is 1.60. The van der Waals surface area contributed by atoms with Crippen molar-refractivity contribution in [3.8, 4) is 22.9 Å². The Hall–Kier alpha value is -2.74. The highest BCUT2D eigenvalue weighted by Gasteiger charge is 2.13. The van der Waals surface area contributed by atoms with Crippen molar-refractivity contribution >= 4 is 35.0 Å². The van der Waals surface area contributed by atoms with E-state index in [0.29, 0.717) is 39.1 Å². The van der Waals surface area contributed by atoms with Crippen molar-refractivity contribution < 1.29 is 9.47 Å². The SMILES string of the molecule is COc1ccc(Cl)cc1-c1nc(SCc2cc(Cl)ccc2OCc2cccnc2)n[nH]1. The molecule has 0 radical (unpaired) electrons. The highest BCUT2D eigenvalue weighted by molar-refractivity contribution is 7.98. The third-order valence-electron chi connectivity index (χ3n) is 4.38. The molecule has 31 heavy (non-hydrogen) atoms. The van der Waals surface area contributed by atoms with Crippen LogP contribution in [0.2, 0.25) is 10.0 Å². The van der Waals surface area contributed by atoms with Gasteiger partial charge in [-0.1, -0.05) is 41.0 Å². The molecule has 2 aromatic carbocycles. The van der Waals surface area contributed by atoms with Crippen LogP contribution in [-0.4, -0.2) is 27.3 Å². The van der Waals surface area contributed by atoms with E-state index >= 15 is 0 Å². The maximum Gasteiger partial charge on any atom is 0.209 e. The normalized spacial score (nSPS) is 10.8. The molecule has 0 amide bonds. The Bertz CT molecular complexity index is 1170. The Kier molecular flexibility index (Phi) is 6.96. The number of aromatic nitrogens is 4. The van der Waals surface area contributed by atoms with Gasteiger partial charge in [-0.05, 0) is 42.5 Å². The minimum absolute atomic E-state index is 0.423. The zero-order valence-electron chi connectivity index (χ0n) is 16.5. The number of aromatic amines is 1. The summed E-state index contributed by atoms with van der Waals surface area (Å²) in [5.74, 6) is 2.60. The van der Waals surface area contributed by atoms with Crippen molar-refractivity contribution in [2.75, 3.05) is 7.11 Å². The number of H-pyrrole nitrogens is 1. The molecule has 0 unspecified atom stereocenters. The summed E-state index contributed by atoms with van der Waals surface area (Å²) >= 11 is 13.8. The fourth-order valence-corrected chi connectivity index (χ4v) is 4.03. The summed E-state index contributed by atoms with van der Waals surface area (Å²) in [5, 5.41) is 9.08. The number of rotatable bonds is 8. The van der Waals surface area contributed by atoms with Gasteiger partial charge in [-0.25, -0.2) is 4.98 Å². The minimum Gasteiger partial charge on any atom is -0.496 e. The molecule has 0 saturated carbocycles. The number of benzene rings is 2. The fraction of sp³-hybridized carbons (Fsp3) is 0.136. The van der Waals surface area contributed by atoms with Crippen LogP contribution in [0.1, 0.15) is 11.1 Å². The van der Waals surface area contributed by atoms with Gasteiger partial charge in [-0.15, -0.1) is 5.10 Å². The highest BCUT2D eigenvalue weighted by atomic mass is 35.5. The van der Waals surface area contributed by atoms with Crippen molar-refractivity contribution in [2.45, 2.75) is 17.5 Å². The summed E-state index contributed by atoms with van der Waals surface area (Å²) in [6.45, 7) is 0.423. The van der Waals surface area contributed by atoms with Gasteiger partial charge >= 0.3 is 0 Å². The average molecular weight is 473 g/mol. The Balaban J connectivity index is 1.47. The second-order valence-electron chi connectivity index (χ2n) is 6.50. The fourth-order valence-electron chi connectivity index (χ4n) is 2.89. The summed E-state index contributed by atoms with van der Waals surface area (Å²) in [6.07, 6.45) is 3.52. The summed E-state index contributed by atoms with van der Waals surface area (Å²) in [6, 6.07) is 14.8. The largest absolute Gasteiger partial charge is 0.496 e. The molecule has 9 heteroatoms. The van der Waals surface area contributed by atoms with Gasteiger partial charge in [0.25, 0.3) is 0 Å². The molecule has 0 spiro atoms. The number of thioether (sulfide) groups is 1. The lowest BCUT2D eigenvalue weighted by Crippen LogP contribution is -1.98. The molecule has 0 aliphatic carbocycles. The second-order valence-corrected chi connectivity index (χ2v) is 8.32. The van der Waals surface area contributed by atoms with Gasteiger partial charge < -0.3 is 9.47 Å². The minimum atomic E-state index is 0.423. The first-order chi connectivity index (χ1) is 15.1. The quantitative estimate of drug-likeness (QED) is 0.314. The van der Waals surface area contributed by atoms with Crippen molar-refractivity contribution in [3.63, 3.8) is 0 Å². The lowest BCUT2D eigenvalue weighted by molar-refractivity contribution is 0.303. The van der Waals surface area contributed by atoms with Crippen LogP contribution >= 0.6 is 35.0 Å². The van der Waals surface area contributed by atoms with Gasteiger partial charge in [0.1, 0.15) is 18.1 Å². The zero-order chi connectivity index (χ0) is 21.6. The first-order valence-electron chi connectivity index (χ1n) is 9.31. The van der Waals surface area contributed by atoms with Gasteiger partial charge in [0, 0.05) is 39.3 Å². The van der Waals surface area contributed by atoms with Crippen LogP contribution in [0.3, 0.4) is 0 Å². The Morgan fingerprint density at radius 3 is 2.61 bits per heavy atom. The van der Waals surface area contributed by atoms with Crippen LogP contribution in [0.25, 0.3) is 11.4 Å². The Morgan fingerprint density at radius 2 is 1.84 bits per heavy atom. The zero-order valence-corrected chi connectivity index (χ0v) is 18.8. The number of hydrogen-bond acceptors (Lipinski definition) is 6. The monoisotopic (exact) mass is 472 g/mol. The number of halogens is 2. The molecule has 0 aliphatic rings. The van der Waals surface area contributed by atoms with Crippen molar-refractivity contribution in [1.29, 1.82) is 0 Å². The molecule has 0 bridgehead atoms. The summed E-state index contributed by atoms with van der Waals surface area (Å²) in [5.41, 5.74) is 2.69. The van der Waals surface area contributed by atoms with Crippen LogP contribution in [0, 0.1) is 0 Å². The Morgan fingerprint density at radius 1 is 1.03 bits per heavy atom. The van der Waals surface area contributed by atoms with Crippen LogP contribution in [0.5, 0.6) is 11.5 Å². The number of nitrogens with one attached hydrogen (secondary N) is 1. The topological polar surface area (TPSA) is 72.9 Å². The molecule has 1 N–H and O–H groups in total. The number of methoxy groups -OCH3 is 1. The maximum absolute atomic E-state index is 6.21. The molecule has 0 atom stereocenters. The second kappa shape index (κ2) is 10.0. The van der Waals surface area contributed by atoms with Crippen LogP contribution in [0.4, 0.5) is 0 Å². The maximum atomic E-state index is 6.21. The number of hydrogen-bond donors (Lipinski definition) is 1. The predicted molar refractivity (Wildman–Crippen MR) is 123 cm³/mol. The standard InChI is InChI=1S/C22H18Cl2N4O2S/c1-29-20-7-5-17(24)10-18(20)21-26-22(28-27-21)31-13-15-9-16(23)4-6-19(15)30-12-14-3-2-8-25-11-14/h2-11H,12-13H2,1H3,(H,26,27,28). The van der Waals surface area contributed by atoms with E-state index in [4.69, 9.17) is 32.7 Å². The van der Waals surface area contributed by atoms with Gasteiger partial charge in [0.05, 0.1) is 12.7 Å². The molecule has 2 aromatic heterocycles. The van der Waals surface area contributed by atoms with E-state index in [1.807, 2.05) is 30.3 Å². The van der Waals surface area contributed by atoms with E-state index < -0.39 is 0 Å². The molecule has 6 nitrogen and oxygen atoms in total. The lowest BCUT2D eigenvalue weighted by Gasteiger charge is -2.11. The highest BCUT2D eigenvalue weighted by Crippen LogP contribution is 2.33. The van der Waals surface area contributed by atoms with Gasteiger partial charge in [0.2, 0.25) is 5.16 Å². The van der Waals surface area contributed by atoms with Crippen molar-refractivity contribution in [1.82, 2.24) is 20.2 Å². The summed E-state index contributed by atoms with van der Waals surface area (Å²) < 4.78 is 11.4. The van der Waals surface area contributed by atoms with E-state index in [1.54, 1.807) is 37.7 Å². The summed E-state index contributed by atoms with van der Waals surface area (Å²) in [4.78, 5) is 8.68. The Labute approximate surface area is 193 Å². The first-order valence-corrected chi connectivity index (χ1v) is 11.1. The molecular weight excluding hydrogens is 455 g/mol. The van der Waals surface area contributed by atoms with Crippen LogP contribution in [-0.2, 0) is 12.4 Å². The van der Waals surface area contributed by atoms with E-state index in [9.17, 15) is 0 Å². The average Bonchev–Trinajstić information content (AvgIpc) is 3.26. The van der Waals surface area contributed by atoms with E-state index in [1.165, 1.54) is 11.8 Å². The number of ether oxygens (including phenoxy) is 2. The van der Waals surface area contributed by atoms with Gasteiger partial charge in [-0.2, -0.15) is 0 Å².